The van der Waals surface area contributed by atoms with Gasteiger partial charge in [0.15, 0.2) is 12.6 Å². The van der Waals surface area contributed by atoms with Crippen molar-refractivity contribution in [2.45, 2.75) is 96.1 Å². The number of carboxylic acid groups (broad SMARTS) is 1. The molecule has 3 amide bonds. The molecular formula is C65H78I8N8O11V2-. The van der Waals surface area contributed by atoms with Crippen LogP contribution in [0.1, 0.15) is 126 Å². The fourth-order valence-electron chi connectivity index (χ4n) is 11.7. The van der Waals surface area contributed by atoms with Gasteiger partial charge in [-0.1, -0.05) is 104 Å². The van der Waals surface area contributed by atoms with Gasteiger partial charge >= 0.3 is 183 Å². The minimum absolute atomic E-state index is 0. The number of hydroxylamine groups is 1. The van der Waals surface area contributed by atoms with Crippen LogP contribution >= 0.6 is 137 Å². The Morgan fingerprint density at radius 2 is 0.947 bits per heavy atom. The zero-order chi connectivity index (χ0) is 66.3. The fourth-order valence-corrected chi connectivity index (χ4v) is 11.7. The van der Waals surface area contributed by atoms with Gasteiger partial charge in [-0.15, -0.1) is 0 Å². The third-order valence-corrected chi connectivity index (χ3v) is 16.4. The molecule has 4 fully saturated rings. The van der Waals surface area contributed by atoms with Gasteiger partial charge in [0.2, 0.25) is 0 Å². The zero-order valence-electron chi connectivity index (χ0n) is 50.6. The Morgan fingerprint density at radius 1 is 0.585 bits per heavy atom. The molecular weight excluding hydrogens is 2190 g/mol. The Bertz CT molecular complexity index is 3150. The van der Waals surface area contributed by atoms with E-state index in [4.69, 9.17) is 34.8 Å². The predicted molar refractivity (Wildman–Crippen MR) is 417 cm³/mol. The van der Waals surface area contributed by atoms with Crippen LogP contribution in [0.5, 0.6) is 0 Å². The molecule has 94 heavy (non-hydrogen) atoms. The number of anilines is 2. The van der Waals surface area contributed by atoms with Crippen LogP contribution in [-0.2, 0) is 43.0 Å². The van der Waals surface area contributed by atoms with Crippen LogP contribution in [-0.4, -0.2) is 117 Å². The maximum atomic E-state index is 12.6. The first kappa shape index (κ1) is 82.0. The summed E-state index contributed by atoms with van der Waals surface area (Å²) in [6.07, 6.45) is 11.5. The maximum absolute atomic E-state index is 12.6. The molecule has 0 saturated carbocycles. The second-order valence-corrected chi connectivity index (χ2v) is 85.4. The van der Waals surface area contributed by atoms with E-state index >= 15 is 0 Å². The number of amides is 3. The number of pyridine rings is 2. The monoisotopic (exact) mass is 2260 g/mol. The molecule has 4 aliphatic heterocycles. The van der Waals surface area contributed by atoms with Crippen LogP contribution in [0.2, 0.25) is 0 Å². The molecule has 29 heteroatoms. The first-order chi connectivity index (χ1) is 45.2. The molecule has 2 aliphatic carbocycles. The van der Waals surface area contributed by atoms with Crippen molar-refractivity contribution >= 4 is 173 Å². The Hall–Kier alpha value is -0.931. The molecule has 0 spiro atoms. The summed E-state index contributed by atoms with van der Waals surface area (Å²) < 4.78 is 21.9. The van der Waals surface area contributed by atoms with Crippen LogP contribution in [0.3, 0.4) is 0 Å². The van der Waals surface area contributed by atoms with Crippen LogP contribution in [0.15, 0.2) is 134 Å². The number of carbonyl (C=O) groups excluding carboxylic acids is 3. The van der Waals surface area contributed by atoms with Crippen molar-refractivity contribution in [3.05, 3.63) is 167 Å². The molecule has 12 rings (SSSR count). The summed E-state index contributed by atoms with van der Waals surface area (Å²) in [6, 6.07) is 40.2. The molecule has 2 aromatic heterocycles. The van der Waals surface area contributed by atoms with E-state index in [1.807, 2.05) is 54.6 Å². The second kappa shape index (κ2) is 45.8. The SMILES string of the molecule is C.I[I-]I.NOC1CCCCO1.O=C(NCC1CCN(c2ccc(C(=O)NOC3CCCCO3)cn2)CC1)OCC1c2ccccc2-c2ccccc21.O=C(NCC1CCN(c2ccc(C(=O)O)cn2)CC1)OCC1c2ccccc2-c2ccccc21.[I][V]([I])[I].[I][V][I]. The van der Waals surface area contributed by atoms with E-state index < -0.39 is 5.97 Å². The number of hydrogen-bond acceptors (Lipinski definition) is 15. The number of rotatable bonds is 15. The van der Waals surface area contributed by atoms with E-state index in [2.05, 4.69) is 226 Å². The molecule has 4 aromatic carbocycles. The summed E-state index contributed by atoms with van der Waals surface area (Å²) in [5, 5.41) is 14.9. The van der Waals surface area contributed by atoms with Crippen LogP contribution < -0.4 is 45.1 Å². The van der Waals surface area contributed by atoms with Crippen molar-refractivity contribution < 1.29 is 80.5 Å². The average molecular weight is 2260 g/mol. The van der Waals surface area contributed by atoms with Crippen molar-refractivity contribution in [1.82, 2.24) is 26.1 Å². The number of nitrogens with zero attached hydrogens (tertiary/aromatic N) is 4. The number of aromatic carboxylic acids is 1. The number of hydrogen-bond donors (Lipinski definition) is 5. The van der Waals surface area contributed by atoms with Gasteiger partial charge < -0.3 is 44.5 Å². The number of ether oxygens (including phenoxy) is 4. The molecule has 2 atom stereocenters. The van der Waals surface area contributed by atoms with Gasteiger partial charge in [0.25, 0.3) is 5.91 Å². The summed E-state index contributed by atoms with van der Waals surface area (Å²) in [5.41, 5.74) is 12.8. The number of halogens is 8. The standard InChI is InChI=1S/C32H36N4O5.C27H27N3O4.C5H11NO2.CH4.I3.5HI.2V/c37-31(35-41-30-11-5-6-18-39-30)23-12-13-29(33-20-23)36-16-14-22(15-17-36)19-34-32(38)40-21-28-26-9-3-1-7-24(26)25-8-2-4-10-27(25)28;31-26(32)19-9-10-25(28-16-19)30-13-11-18(12-14-30)15-29-27(33)34-17-24-22-7-3-1-5-20(22)21-6-2-4-8-23(21)24;6-8-5-3-1-2-4-7-5;;1-3-2;;;;;;;/h1-4,7-10,12-13,20,22,28,30H,5-6,11,14-19,21H2,(H,34,38)(H,35,37);1-10,16,18,24H,11-15,17H2,(H,29,33)(H,31,32);5H,1-4,6H2;1H4;;5*1H;;/q;;;;-1;;;;;;+2;+3/p-5. The van der Waals surface area contributed by atoms with Crippen molar-refractivity contribution in [2.75, 3.05) is 75.5 Å². The number of carbonyl (C=O) groups is 4. The summed E-state index contributed by atoms with van der Waals surface area (Å²) in [5.74, 6) is 6.04. The van der Waals surface area contributed by atoms with E-state index in [1.165, 1.54) is 57.1 Å². The third-order valence-electron chi connectivity index (χ3n) is 16.4. The van der Waals surface area contributed by atoms with Gasteiger partial charge in [-0.05, 0) is 132 Å². The Kier molecular flexibility index (Phi) is 40.0. The number of carboxylic acids is 1. The molecule has 2 unspecified atom stereocenters. The third kappa shape index (κ3) is 26.8. The first-order valence-corrected chi connectivity index (χ1v) is 65.3. The number of benzene rings is 4. The van der Waals surface area contributed by atoms with Crippen molar-refractivity contribution in [2.24, 2.45) is 17.7 Å². The quantitative estimate of drug-likeness (QED) is 0.0474. The fraction of sp³-hybridized carbons (Fsp3) is 0.415. The number of aromatic nitrogens is 2. The van der Waals surface area contributed by atoms with E-state index in [9.17, 15) is 19.2 Å². The minimum atomic E-state index is -0.975. The topological polar surface area (TPSA) is 238 Å². The molecule has 6 heterocycles. The molecule has 6 aliphatic rings. The van der Waals surface area contributed by atoms with Crippen molar-refractivity contribution in [3.8, 4) is 22.3 Å². The molecule has 19 nitrogen and oxygen atoms in total. The van der Waals surface area contributed by atoms with Gasteiger partial charge in [0.05, 0.1) is 11.1 Å². The predicted octanol–water partition coefficient (Wildman–Crippen LogP) is 13.8. The molecule has 0 radical (unpaired) electrons. The summed E-state index contributed by atoms with van der Waals surface area (Å²) in [6.45, 7) is 6.54. The van der Waals surface area contributed by atoms with Crippen molar-refractivity contribution in [1.29, 1.82) is 0 Å². The number of nitrogens with one attached hydrogen (secondary N) is 3. The molecule has 4 saturated heterocycles. The van der Waals surface area contributed by atoms with Gasteiger partial charge in [-0.25, -0.2) is 40.6 Å². The van der Waals surface area contributed by atoms with Gasteiger partial charge in [0, 0.05) is 89.6 Å². The summed E-state index contributed by atoms with van der Waals surface area (Å²) in [7, 11) is 0.628. The first-order valence-electron chi connectivity index (χ1n) is 30.2. The van der Waals surface area contributed by atoms with E-state index in [-0.39, 0.29) is 60.4 Å². The van der Waals surface area contributed by atoms with E-state index in [1.54, 1.807) is 24.4 Å². The van der Waals surface area contributed by atoms with Crippen LogP contribution in [0, 0.1) is 11.8 Å². The second-order valence-electron chi connectivity index (χ2n) is 22.0. The van der Waals surface area contributed by atoms with Gasteiger partial charge in [-0.2, -0.15) is 0 Å². The van der Waals surface area contributed by atoms with E-state index in [0.717, 1.165) is 102 Å². The van der Waals surface area contributed by atoms with E-state index in [0.29, 0.717) is 73.0 Å². The van der Waals surface area contributed by atoms with Crippen LogP contribution in [0.25, 0.3) is 22.3 Å². The summed E-state index contributed by atoms with van der Waals surface area (Å²) in [4.78, 5) is 71.1. The Morgan fingerprint density at radius 3 is 1.27 bits per heavy atom. The van der Waals surface area contributed by atoms with Gasteiger partial charge in [0.1, 0.15) is 24.8 Å². The molecule has 6 aromatic rings. The molecule has 0 bridgehead atoms. The Balaban J connectivity index is 0.000000236. The molecule has 6 N–H and O–H groups in total. The average Bonchev–Trinajstić information content (AvgIpc) is 1.63. The molecule has 511 valence electrons. The summed E-state index contributed by atoms with van der Waals surface area (Å²) >= 11 is 17.4. The van der Waals surface area contributed by atoms with Gasteiger partial charge in [-0.3, -0.25) is 9.63 Å². The number of nitrogens with two attached hydrogens (primary N) is 1. The Labute approximate surface area is 648 Å². The number of fused-ring (bicyclic) bond motifs is 6. The zero-order valence-corrected chi connectivity index (χ0v) is 70.7. The number of piperidine rings is 2. The van der Waals surface area contributed by atoms with Crippen LogP contribution in [0.4, 0.5) is 21.2 Å². The van der Waals surface area contributed by atoms with Crippen molar-refractivity contribution in [3.63, 3.8) is 0 Å². The normalized spacial score (nSPS) is 17.2. The number of alkyl carbamates (subject to hydrolysis) is 2.